The van der Waals surface area contributed by atoms with Crippen molar-refractivity contribution in [1.29, 1.82) is 0 Å². The number of halogens is 1. The van der Waals surface area contributed by atoms with Crippen molar-refractivity contribution in [3.05, 3.63) is 4.47 Å². The predicted octanol–water partition coefficient (Wildman–Crippen LogP) is 1.00. The normalized spacial score (nSPS) is 16.2. The van der Waals surface area contributed by atoms with Gasteiger partial charge in [-0.05, 0) is 28.8 Å². The summed E-state index contributed by atoms with van der Waals surface area (Å²) in [6.45, 7) is 2.02. The summed E-state index contributed by atoms with van der Waals surface area (Å²) in [5.74, 6) is 1.44. The second kappa shape index (κ2) is 3.61. The van der Waals surface area contributed by atoms with E-state index in [4.69, 9.17) is 11.5 Å². The summed E-state index contributed by atoms with van der Waals surface area (Å²) in [4.78, 5) is 10.2. The Morgan fingerprint density at radius 1 is 1.14 bits per heavy atom. The molecule has 0 bridgehead atoms. The van der Waals surface area contributed by atoms with Crippen LogP contribution in [0.3, 0.4) is 0 Å². The third-order valence-corrected chi connectivity index (χ3v) is 3.04. The molecule has 0 radical (unpaired) electrons. The lowest BCUT2D eigenvalue weighted by Crippen LogP contribution is -2.21. The molecule has 2 rings (SSSR count). The molecule has 5 nitrogen and oxygen atoms in total. The fraction of sp³-hybridized carbons (Fsp3) is 0.500. The lowest BCUT2D eigenvalue weighted by atomic mass is 10.4. The van der Waals surface area contributed by atoms with Gasteiger partial charge in [0.05, 0.1) is 0 Å². The van der Waals surface area contributed by atoms with Crippen LogP contribution < -0.4 is 16.4 Å². The maximum atomic E-state index is 5.68. The SMILES string of the molecule is Nc1nc(N)c(Br)c(N2CCCC2)n1. The highest BCUT2D eigenvalue weighted by Gasteiger charge is 2.18. The van der Waals surface area contributed by atoms with E-state index in [2.05, 4.69) is 30.8 Å². The monoisotopic (exact) mass is 257 g/mol. The van der Waals surface area contributed by atoms with Crippen LogP contribution >= 0.6 is 15.9 Å². The molecule has 4 N–H and O–H groups in total. The minimum atomic E-state index is 0.229. The van der Waals surface area contributed by atoms with Crippen LogP contribution in [0.4, 0.5) is 17.6 Å². The van der Waals surface area contributed by atoms with Crippen LogP contribution in [-0.4, -0.2) is 23.1 Å². The van der Waals surface area contributed by atoms with Gasteiger partial charge in [-0.15, -0.1) is 0 Å². The van der Waals surface area contributed by atoms with E-state index in [0.29, 0.717) is 5.82 Å². The van der Waals surface area contributed by atoms with Crippen molar-refractivity contribution in [2.45, 2.75) is 12.8 Å². The van der Waals surface area contributed by atoms with Gasteiger partial charge in [-0.2, -0.15) is 9.97 Å². The second-order valence-electron chi connectivity index (χ2n) is 3.30. The molecule has 0 atom stereocenters. The Labute approximate surface area is 90.6 Å². The number of nitrogens with two attached hydrogens (primary N) is 2. The molecule has 0 aliphatic carbocycles. The summed E-state index contributed by atoms with van der Waals surface area (Å²) in [7, 11) is 0. The molecule has 0 saturated carbocycles. The number of anilines is 3. The van der Waals surface area contributed by atoms with Gasteiger partial charge in [-0.3, -0.25) is 0 Å². The van der Waals surface area contributed by atoms with E-state index in [9.17, 15) is 0 Å². The van der Waals surface area contributed by atoms with Gasteiger partial charge < -0.3 is 16.4 Å². The maximum Gasteiger partial charge on any atom is 0.224 e. The molecular formula is C8H12BrN5. The first-order valence-corrected chi connectivity index (χ1v) is 5.31. The maximum absolute atomic E-state index is 5.68. The Kier molecular flexibility index (Phi) is 2.45. The van der Waals surface area contributed by atoms with Crippen LogP contribution in [-0.2, 0) is 0 Å². The number of nitrogen functional groups attached to an aromatic ring is 2. The van der Waals surface area contributed by atoms with Crippen LogP contribution in [0, 0.1) is 0 Å². The van der Waals surface area contributed by atoms with E-state index < -0.39 is 0 Å². The number of hydrogen-bond acceptors (Lipinski definition) is 5. The predicted molar refractivity (Wildman–Crippen MR) is 60.0 cm³/mol. The number of aromatic nitrogens is 2. The van der Waals surface area contributed by atoms with E-state index in [1.165, 1.54) is 12.8 Å². The van der Waals surface area contributed by atoms with Crippen molar-refractivity contribution >= 4 is 33.5 Å². The first kappa shape index (κ1) is 9.51. The quantitative estimate of drug-likeness (QED) is 0.785. The van der Waals surface area contributed by atoms with E-state index in [-0.39, 0.29) is 5.95 Å². The van der Waals surface area contributed by atoms with Crippen molar-refractivity contribution in [3.8, 4) is 0 Å². The lowest BCUT2D eigenvalue weighted by Gasteiger charge is -2.18. The summed E-state index contributed by atoms with van der Waals surface area (Å²) in [5.41, 5.74) is 11.2. The standard InChI is InChI=1S/C8H12BrN5/c9-5-6(10)12-8(11)13-7(5)14-3-1-2-4-14/h1-4H2,(H4,10,11,12,13). The van der Waals surface area contributed by atoms with Gasteiger partial charge in [0.15, 0.2) is 5.82 Å². The van der Waals surface area contributed by atoms with Crippen LogP contribution in [0.5, 0.6) is 0 Å². The largest absolute Gasteiger partial charge is 0.383 e. The zero-order chi connectivity index (χ0) is 10.1. The molecule has 0 amide bonds. The molecule has 6 heteroatoms. The van der Waals surface area contributed by atoms with E-state index >= 15 is 0 Å². The van der Waals surface area contributed by atoms with Crippen molar-refractivity contribution in [1.82, 2.24) is 9.97 Å². The van der Waals surface area contributed by atoms with Gasteiger partial charge in [-0.1, -0.05) is 0 Å². The summed E-state index contributed by atoms with van der Waals surface area (Å²) < 4.78 is 0.744. The van der Waals surface area contributed by atoms with Gasteiger partial charge in [0.2, 0.25) is 5.95 Å². The molecule has 1 fully saturated rings. The van der Waals surface area contributed by atoms with Crippen LogP contribution in [0.15, 0.2) is 4.47 Å². The van der Waals surface area contributed by atoms with Gasteiger partial charge in [0.25, 0.3) is 0 Å². The van der Waals surface area contributed by atoms with E-state index in [1.807, 2.05) is 0 Å². The van der Waals surface area contributed by atoms with E-state index in [0.717, 1.165) is 23.4 Å². The Hall–Kier alpha value is -1.04. The molecular weight excluding hydrogens is 246 g/mol. The Bertz CT molecular complexity index is 348. The highest BCUT2D eigenvalue weighted by Crippen LogP contribution is 2.30. The first-order chi connectivity index (χ1) is 6.68. The van der Waals surface area contributed by atoms with Gasteiger partial charge in [-0.25, -0.2) is 0 Å². The average molecular weight is 258 g/mol. The summed E-state index contributed by atoms with van der Waals surface area (Å²) in [5, 5.41) is 0. The highest BCUT2D eigenvalue weighted by molar-refractivity contribution is 9.10. The van der Waals surface area contributed by atoms with Crippen LogP contribution in [0.1, 0.15) is 12.8 Å². The van der Waals surface area contributed by atoms with Crippen molar-refractivity contribution in [2.75, 3.05) is 29.5 Å². The number of nitrogens with zero attached hydrogens (tertiary/aromatic N) is 3. The molecule has 0 unspecified atom stereocenters. The van der Waals surface area contributed by atoms with Crippen LogP contribution in [0.2, 0.25) is 0 Å². The topological polar surface area (TPSA) is 81.1 Å². The van der Waals surface area contributed by atoms with Crippen LogP contribution in [0.25, 0.3) is 0 Å². The van der Waals surface area contributed by atoms with E-state index in [1.54, 1.807) is 0 Å². The molecule has 0 aromatic carbocycles. The van der Waals surface area contributed by atoms with Crippen molar-refractivity contribution in [2.24, 2.45) is 0 Å². The number of rotatable bonds is 1. The van der Waals surface area contributed by atoms with Crippen molar-refractivity contribution in [3.63, 3.8) is 0 Å². The molecule has 76 valence electrons. The molecule has 1 saturated heterocycles. The fourth-order valence-corrected chi connectivity index (χ4v) is 2.04. The molecule has 14 heavy (non-hydrogen) atoms. The highest BCUT2D eigenvalue weighted by atomic mass is 79.9. The molecule has 1 aliphatic rings. The lowest BCUT2D eigenvalue weighted by molar-refractivity contribution is 0.927. The Balaban J connectivity index is 2.40. The molecule has 1 aromatic heterocycles. The van der Waals surface area contributed by atoms with Gasteiger partial charge in [0, 0.05) is 13.1 Å². The Morgan fingerprint density at radius 3 is 2.43 bits per heavy atom. The fourth-order valence-electron chi connectivity index (χ4n) is 1.61. The van der Waals surface area contributed by atoms with Gasteiger partial charge in [0.1, 0.15) is 10.3 Å². The zero-order valence-electron chi connectivity index (χ0n) is 7.70. The summed E-state index contributed by atoms with van der Waals surface area (Å²) in [6.07, 6.45) is 2.38. The second-order valence-corrected chi connectivity index (χ2v) is 4.09. The Morgan fingerprint density at radius 2 is 1.79 bits per heavy atom. The third-order valence-electron chi connectivity index (χ3n) is 2.28. The van der Waals surface area contributed by atoms with Gasteiger partial charge >= 0.3 is 0 Å². The first-order valence-electron chi connectivity index (χ1n) is 4.52. The number of hydrogen-bond donors (Lipinski definition) is 2. The summed E-state index contributed by atoms with van der Waals surface area (Å²) in [6, 6.07) is 0. The molecule has 1 aliphatic heterocycles. The summed E-state index contributed by atoms with van der Waals surface area (Å²) >= 11 is 3.38. The average Bonchev–Trinajstić information content (AvgIpc) is 2.63. The molecule has 2 heterocycles. The van der Waals surface area contributed by atoms with Crippen molar-refractivity contribution < 1.29 is 0 Å². The molecule has 0 spiro atoms. The smallest absolute Gasteiger partial charge is 0.224 e. The zero-order valence-corrected chi connectivity index (χ0v) is 9.29. The minimum absolute atomic E-state index is 0.229. The molecule has 1 aromatic rings. The third kappa shape index (κ3) is 1.61. The minimum Gasteiger partial charge on any atom is -0.383 e.